The maximum Gasteiger partial charge on any atom is 0.243 e. The van der Waals surface area contributed by atoms with Gasteiger partial charge in [0.25, 0.3) is 0 Å². The number of fused-ring (bicyclic) bond motifs is 1. The molecule has 0 unspecified atom stereocenters. The molecule has 2 heterocycles. The summed E-state index contributed by atoms with van der Waals surface area (Å²) in [6, 6.07) is 10.7. The number of hydrogen-bond donors (Lipinski definition) is 0. The van der Waals surface area contributed by atoms with Crippen LogP contribution in [0.5, 0.6) is 0 Å². The molecule has 0 radical (unpaired) electrons. The molecule has 0 atom stereocenters. The Balaban J connectivity index is 1.59. The Bertz CT molecular complexity index is 1220. The monoisotopic (exact) mass is 496 g/mol. The number of aromatic nitrogens is 2. The lowest BCUT2D eigenvalue weighted by Gasteiger charge is -2.26. The lowest BCUT2D eigenvalue weighted by atomic mass is 10.2. The van der Waals surface area contributed by atoms with E-state index in [1.165, 1.54) is 4.31 Å². The third-order valence-corrected chi connectivity index (χ3v) is 8.07. The van der Waals surface area contributed by atoms with Crippen molar-refractivity contribution in [1.82, 2.24) is 18.8 Å². The fraction of sp³-hybridized carbons (Fsp3) is 0.409. The number of ether oxygens (including phenoxy) is 1. The summed E-state index contributed by atoms with van der Waals surface area (Å²) in [4.78, 5) is 7.16. The lowest BCUT2D eigenvalue weighted by Crippen LogP contribution is -2.40. The van der Waals surface area contributed by atoms with Gasteiger partial charge in [-0.15, -0.1) is 0 Å². The molecule has 7 nitrogen and oxygen atoms in total. The number of nitrogens with zero attached hydrogens (tertiary/aromatic N) is 4. The molecule has 1 aliphatic rings. The lowest BCUT2D eigenvalue weighted by molar-refractivity contribution is 0.0730. The minimum absolute atomic E-state index is 0.264. The van der Waals surface area contributed by atoms with Gasteiger partial charge in [-0.3, -0.25) is 4.90 Å². The predicted molar refractivity (Wildman–Crippen MR) is 127 cm³/mol. The van der Waals surface area contributed by atoms with Crippen molar-refractivity contribution in [3.8, 4) is 0 Å². The summed E-state index contributed by atoms with van der Waals surface area (Å²) in [6.45, 7) is 5.59. The van der Waals surface area contributed by atoms with Gasteiger partial charge in [0.05, 0.1) is 35.7 Å². The molecule has 2 aromatic carbocycles. The van der Waals surface area contributed by atoms with Gasteiger partial charge in [-0.1, -0.05) is 29.3 Å². The fourth-order valence-electron chi connectivity index (χ4n) is 3.97. The van der Waals surface area contributed by atoms with Gasteiger partial charge in [0.2, 0.25) is 10.0 Å². The number of halogens is 2. The first-order valence-corrected chi connectivity index (χ1v) is 12.7. The molecule has 0 aliphatic carbocycles. The van der Waals surface area contributed by atoms with Crippen LogP contribution in [-0.4, -0.2) is 60.5 Å². The molecule has 10 heteroatoms. The number of hydrogen-bond acceptors (Lipinski definition) is 5. The topological polar surface area (TPSA) is 67.7 Å². The van der Waals surface area contributed by atoms with Crippen LogP contribution in [0.15, 0.2) is 41.3 Å². The van der Waals surface area contributed by atoms with Gasteiger partial charge in [0.1, 0.15) is 5.82 Å². The summed E-state index contributed by atoms with van der Waals surface area (Å²) in [5.41, 5.74) is 2.58. The second kappa shape index (κ2) is 9.67. The van der Waals surface area contributed by atoms with E-state index in [2.05, 4.69) is 16.4 Å². The molecule has 172 valence electrons. The van der Waals surface area contributed by atoms with Crippen LogP contribution in [0.25, 0.3) is 11.0 Å². The van der Waals surface area contributed by atoms with E-state index in [9.17, 15) is 8.42 Å². The Kier molecular flexibility index (Phi) is 7.09. The number of benzene rings is 2. The molecule has 4 rings (SSSR count). The maximum absolute atomic E-state index is 13.0. The number of morpholine rings is 1. The summed E-state index contributed by atoms with van der Waals surface area (Å²) in [5.74, 6) is 0.871. The highest BCUT2D eigenvalue weighted by Gasteiger charge is 2.27. The van der Waals surface area contributed by atoms with E-state index in [0.717, 1.165) is 23.4 Å². The zero-order valence-electron chi connectivity index (χ0n) is 18.1. The smallest absolute Gasteiger partial charge is 0.243 e. The third-order valence-electron chi connectivity index (χ3n) is 5.59. The standard InChI is InChI=1S/C22H26Cl2N4O3S/c1-3-28-21-7-6-18(32(29,30)27-8-10-31-11-9-27)13-20(21)25-22(28)15-26(2)14-16-4-5-17(23)12-19(16)24/h4-7,12-13H,3,8-11,14-15H2,1-2H3. The SMILES string of the molecule is CCn1c(CN(C)Cc2ccc(Cl)cc2Cl)nc2cc(S(=O)(=O)N3CCOCC3)ccc21. The molecule has 0 spiro atoms. The van der Waals surface area contributed by atoms with E-state index in [0.29, 0.717) is 55.0 Å². The van der Waals surface area contributed by atoms with Gasteiger partial charge in [-0.2, -0.15) is 4.31 Å². The molecule has 3 aromatic rings. The summed E-state index contributed by atoms with van der Waals surface area (Å²) in [5, 5.41) is 1.24. The van der Waals surface area contributed by atoms with E-state index in [-0.39, 0.29) is 4.90 Å². The second-order valence-corrected chi connectivity index (χ2v) is 10.6. The first-order valence-electron chi connectivity index (χ1n) is 10.5. The zero-order valence-corrected chi connectivity index (χ0v) is 20.4. The van der Waals surface area contributed by atoms with Crippen molar-refractivity contribution in [3.05, 3.63) is 57.8 Å². The van der Waals surface area contributed by atoms with Crippen molar-refractivity contribution in [2.24, 2.45) is 0 Å². The molecule has 1 fully saturated rings. The highest BCUT2D eigenvalue weighted by atomic mass is 35.5. The van der Waals surface area contributed by atoms with Crippen LogP contribution in [0.1, 0.15) is 18.3 Å². The number of rotatable bonds is 7. The highest BCUT2D eigenvalue weighted by Crippen LogP contribution is 2.25. The first kappa shape index (κ1) is 23.5. The van der Waals surface area contributed by atoms with E-state index in [1.54, 1.807) is 18.2 Å². The molecule has 0 saturated carbocycles. The molecule has 0 amide bonds. The zero-order chi connectivity index (χ0) is 22.9. The van der Waals surface area contributed by atoms with E-state index in [1.807, 2.05) is 25.2 Å². The fourth-order valence-corrected chi connectivity index (χ4v) is 5.86. The van der Waals surface area contributed by atoms with E-state index < -0.39 is 10.0 Å². The molecule has 1 aliphatic heterocycles. The Hall–Kier alpha value is -1.68. The van der Waals surface area contributed by atoms with Gasteiger partial charge in [-0.25, -0.2) is 13.4 Å². The third kappa shape index (κ3) is 4.81. The van der Waals surface area contributed by atoms with Crippen LogP contribution in [0.2, 0.25) is 10.0 Å². The van der Waals surface area contributed by atoms with Crippen LogP contribution in [0.3, 0.4) is 0 Å². The Morgan fingerprint density at radius 1 is 1.09 bits per heavy atom. The molecule has 1 aromatic heterocycles. The van der Waals surface area contributed by atoms with Crippen LogP contribution in [-0.2, 0) is 34.4 Å². The van der Waals surface area contributed by atoms with Gasteiger partial charge in [0.15, 0.2) is 0 Å². The van der Waals surface area contributed by atoms with E-state index in [4.69, 9.17) is 32.9 Å². The molecule has 1 saturated heterocycles. The number of sulfonamides is 1. The molecular weight excluding hydrogens is 471 g/mol. The van der Waals surface area contributed by atoms with Crippen molar-refractivity contribution >= 4 is 44.3 Å². The number of imidazole rings is 1. The molecule has 0 N–H and O–H groups in total. The Morgan fingerprint density at radius 3 is 2.53 bits per heavy atom. The van der Waals surface area contributed by atoms with Crippen molar-refractivity contribution in [1.29, 1.82) is 0 Å². The van der Waals surface area contributed by atoms with Gasteiger partial charge >= 0.3 is 0 Å². The largest absolute Gasteiger partial charge is 0.379 e. The van der Waals surface area contributed by atoms with Gasteiger partial charge in [0, 0.05) is 36.2 Å². The van der Waals surface area contributed by atoms with Gasteiger partial charge in [-0.05, 0) is 49.9 Å². The van der Waals surface area contributed by atoms with Crippen LogP contribution in [0.4, 0.5) is 0 Å². The van der Waals surface area contributed by atoms with Crippen molar-refractivity contribution in [2.75, 3.05) is 33.4 Å². The summed E-state index contributed by atoms with van der Waals surface area (Å²) in [6.07, 6.45) is 0. The molecular formula is C22H26Cl2N4O3S. The van der Waals surface area contributed by atoms with Crippen LogP contribution < -0.4 is 0 Å². The summed E-state index contributed by atoms with van der Waals surface area (Å²) >= 11 is 12.3. The molecule has 32 heavy (non-hydrogen) atoms. The highest BCUT2D eigenvalue weighted by molar-refractivity contribution is 7.89. The Labute approximate surface area is 198 Å². The minimum Gasteiger partial charge on any atom is -0.379 e. The summed E-state index contributed by atoms with van der Waals surface area (Å²) < 4.78 is 34.9. The van der Waals surface area contributed by atoms with Crippen molar-refractivity contribution < 1.29 is 13.2 Å². The quantitative estimate of drug-likeness (QED) is 0.494. The van der Waals surface area contributed by atoms with Crippen molar-refractivity contribution in [3.63, 3.8) is 0 Å². The van der Waals surface area contributed by atoms with Crippen LogP contribution in [0, 0.1) is 0 Å². The summed E-state index contributed by atoms with van der Waals surface area (Å²) in [7, 11) is -1.57. The van der Waals surface area contributed by atoms with E-state index >= 15 is 0 Å². The first-order chi connectivity index (χ1) is 15.3. The average molecular weight is 497 g/mol. The Morgan fingerprint density at radius 2 is 1.84 bits per heavy atom. The van der Waals surface area contributed by atoms with Crippen LogP contribution >= 0.6 is 23.2 Å². The second-order valence-electron chi connectivity index (χ2n) is 7.85. The molecule has 0 bridgehead atoms. The number of aryl methyl sites for hydroxylation is 1. The predicted octanol–water partition coefficient (Wildman–Crippen LogP) is 4.02. The maximum atomic E-state index is 13.0. The van der Waals surface area contributed by atoms with Gasteiger partial charge < -0.3 is 9.30 Å². The normalized spacial score (nSPS) is 15.7. The minimum atomic E-state index is -3.57. The average Bonchev–Trinajstić information content (AvgIpc) is 3.12. The van der Waals surface area contributed by atoms with Crippen molar-refractivity contribution in [2.45, 2.75) is 31.5 Å².